The van der Waals surface area contributed by atoms with Crippen molar-refractivity contribution in [3.63, 3.8) is 0 Å². The third kappa shape index (κ3) is 1.79. The summed E-state index contributed by atoms with van der Waals surface area (Å²) in [4.78, 5) is 4.33. The van der Waals surface area contributed by atoms with Crippen molar-refractivity contribution in [2.75, 3.05) is 6.61 Å². The fourth-order valence-corrected chi connectivity index (χ4v) is 2.27. The molecular formula is C13H13N3O. The SMILES string of the molecule is N#Cc1ccc2c(c1)ncn2C1CCCCO1. The Morgan fingerprint density at radius 1 is 1.41 bits per heavy atom. The molecular weight excluding hydrogens is 214 g/mol. The lowest BCUT2D eigenvalue weighted by molar-refractivity contribution is -0.0295. The number of nitriles is 1. The molecule has 3 rings (SSSR count). The summed E-state index contributed by atoms with van der Waals surface area (Å²) in [5.74, 6) is 0. The summed E-state index contributed by atoms with van der Waals surface area (Å²) in [6, 6.07) is 7.71. The van der Waals surface area contributed by atoms with Crippen LogP contribution in [-0.2, 0) is 4.74 Å². The van der Waals surface area contributed by atoms with Crippen molar-refractivity contribution in [3.8, 4) is 6.07 Å². The molecule has 0 bridgehead atoms. The lowest BCUT2D eigenvalue weighted by atomic mass is 10.1. The van der Waals surface area contributed by atoms with Gasteiger partial charge in [-0.25, -0.2) is 4.98 Å². The molecule has 0 aliphatic carbocycles. The normalized spacial score (nSPS) is 20.3. The minimum Gasteiger partial charge on any atom is -0.358 e. The number of nitrogens with zero attached hydrogens (tertiary/aromatic N) is 3. The van der Waals surface area contributed by atoms with E-state index in [9.17, 15) is 0 Å². The number of imidazole rings is 1. The summed E-state index contributed by atoms with van der Waals surface area (Å²) in [6.07, 6.45) is 5.27. The summed E-state index contributed by atoms with van der Waals surface area (Å²) in [6.45, 7) is 0.820. The maximum atomic E-state index is 8.84. The predicted octanol–water partition coefficient (Wildman–Crippen LogP) is 2.61. The third-order valence-electron chi connectivity index (χ3n) is 3.17. The molecule has 0 radical (unpaired) electrons. The molecule has 0 saturated carbocycles. The maximum absolute atomic E-state index is 8.84. The highest BCUT2D eigenvalue weighted by molar-refractivity contribution is 5.77. The van der Waals surface area contributed by atoms with Crippen molar-refractivity contribution in [3.05, 3.63) is 30.1 Å². The van der Waals surface area contributed by atoms with Crippen LogP contribution in [0.5, 0.6) is 0 Å². The van der Waals surface area contributed by atoms with Gasteiger partial charge in [-0.1, -0.05) is 0 Å². The first-order valence-electron chi connectivity index (χ1n) is 5.87. The molecule has 1 atom stereocenters. The predicted molar refractivity (Wildman–Crippen MR) is 63.3 cm³/mol. The monoisotopic (exact) mass is 227 g/mol. The van der Waals surface area contributed by atoms with Crippen LogP contribution in [0.1, 0.15) is 31.1 Å². The van der Waals surface area contributed by atoms with Gasteiger partial charge in [-0.3, -0.25) is 0 Å². The molecule has 1 unspecified atom stereocenters. The van der Waals surface area contributed by atoms with E-state index in [0.29, 0.717) is 5.56 Å². The van der Waals surface area contributed by atoms with Crippen LogP contribution >= 0.6 is 0 Å². The Morgan fingerprint density at radius 3 is 3.12 bits per heavy atom. The van der Waals surface area contributed by atoms with Crippen LogP contribution in [0.25, 0.3) is 11.0 Å². The van der Waals surface area contributed by atoms with Gasteiger partial charge in [0.15, 0.2) is 0 Å². The number of rotatable bonds is 1. The molecule has 1 aliphatic heterocycles. The molecule has 2 heterocycles. The molecule has 0 N–H and O–H groups in total. The maximum Gasteiger partial charge on any atom is 0.135 e. The molecule has 1 fully saturated rings. The molecule has 1 aromatic carbocycles. The molecule has 1 aromatic heterocycles. The molecule has 4 heteroatoms. The average Bonchev–Trinajstić information content (AvgIpc) is 2.82. The molecule has 1 saturated heterocycles. The number of fused-ring (bicyclic) bond motifs is 1. The van der Waals surface area contributed by atoms with E-state index in [2.05, 4.69) is 15.6 Å². The van der Waals surface area contributed by atoms with Crippen LogP contribution in [0.3, 0.4) is 0 Å². The van der Waals surface area contributed by atoms with Crippen molar-refractivity contribution < 1.29 is 4.74 Å². The van der Waals surface area contributed by atoms with Gasteiger partial charge in [-0.05, 0) is 37.5 Å². The van der Waals surface area contributed by atoms with E-state index in [4.69, 9.17) is 10.00 Å². The van der Waals surface area contributed by atoms with Gasteiger partial charge in [0.05, 0.1) is 29.0 Å². The van der Waals surface area contributed by atoms with Crippen LogP contribution < -0.4 is 0 Å². The molecule has 17 heavy (non-hydrogen) atoms. The number of hydrogen-bond acceptors (Lipinski definition) is 3. The van der Waals surface area contributed by atoms with E-state index in [0.717, 1.165) is 30.5 Å². The van der Waals surface area contributed by atoms with Crippen molar-refractivity contribution in [2.45, 2.75) is 25.5 Å². The largest absolute Gasteiger partial charge is 0.358 e. The smallest absolute Gasteiger partial charge is 0.135 e. The second kappa shape index (κ2) is 4.19. The van der Waals surface area contributed by atoms with Gasteiger partial charge in [0.1, 0.15) is 6.23 Å². The fourth-order valence-electron chi connectivity index (χ4n) is 2.27. The lowest BCUT2D eigenvalue weighted by Gasteiger charge is -2.24. The fraction of sp³-hybridized carbons (Fsp3) is 0.385. The van der Waals surface area contributed by atoms with E-state index in [1.54, 1.807) is 0 Å². The van der Waals surface area contributed by atoms with Gasteiger partial charge in [0, 0.05) is 6.61 Å². The van der Waals surface area contributed by atoms with Crippen LogP contribution in [-0.4, -0.2) is 16.2 Å². The van der Waals surface area contributed by atoms with Gasteiger partial charge < -0.3 is 9.30 Å². The number of hydrogen-bond donors (Lipinski definition) is 0. The van der Waals surface area contributed by atoms with Gasteiger partial charge in [0.2, 0.25) is 0 Å². The summed E-state index contributed by atoms with van der Waals surface area (Å²) >= 11 is 0. The van der Waals surface area contributed by atoms with Crippen LogP contribution in [0.15, 0.2) is 24.5 Å². The molecule has 2 aromatic rings. The number of ether oxygens (including phenoxy) is 1. The standard InChI is InChI=1S/C13H13N3O/c14-8-10-4-5-12-11(7-10)15-9-16(12)13-3-1-2-6-17-13/h4-5,7,9,13H,1-3,6H2. The Morgan fingerprint density at radius 2 is 2.35 bits per heavy atom. The minimum absolute atomic E-state index is 0.0988. The van der Waals surface area contributed by atoms with Crippen molar-refractivity contribution >= 4 is 11.0 Å². The van der Waals surface area contributed by atoms with E-state index < -0.39 is 0 Å². The van der Waals surface area contributed by atoms with Gasteiger partial charge in [0.25, 0.3) is 0 Å². The van der Waals surface area contributed by atoms with E-state index in [-0.39, 0.29) is 6.23 Å². The van der Waals surface area contributed by atoms with Gasteiger partial charge in [-0.15, -0.1) is 0 Å². The van der Waals surface area contributed by atoms with Crippen LogP contribution in [0, 0.1) is 11.3 Å². The first-order valence-corrected chi connectivity index (χ1v) is 5.87. The summed E-state index contributed by atoms with van der Waals surface area (Å²) in [5.41, 5.74) is 2.54. The zero-order chi connectivity index (χ0) is 11.7. The Kier molecular flexibility index (Phi) is 2.54. The third-order valence-corrected chi connectivity index (χ3v) is 3.17. The zero-order valence-corrected chi connectivity index (χ0v) is 9.47. The van der Waals surface area contributed by atoms with E-state index >= 15 is 0 Å². The molecule has 1 aliphatic rings. The Hall–Kier alpha value is -1.86. The minimum atomic E-state index is 0.0988. The summed E-state index contributed by atoms with van der Waals surface area (Å²) in [7, 11) is 0. The molecule has 4 nitrogen and oxygen atoms in total. The Balaban J connectivity index is 2.03. The highest BCUT2D eigenvalue weighted by Crippen LogP contribution is 2.26. The van der Waals surface area contributed by atoms with E-state index in [1.807, 2.05) is 24.5 Å². The number of benzene rings is 1. The van der Waals surface area contributed by atoms with Crippen LogP contribution in [0.4, 0.5) is 0 Å². The average molecular weight is 227 g/mol. The summed E-state index contributed by atoms with van der Waals surface area (Å²) in [5, 5.41) is 8.84. The molecule has 86 valence electrons. The lowest BCUT2D eigenvalue weighted by Crippen LogP contribution is -2.17. The van der Waals surface area contributed by atoms with E-state index in [1.165, 1.54) is 6.42 Å². The van der Waals surface area contributed by atoms with Crippen LogP contribution in [0.2, 0.25) is 0 Å². The zero-order valence-electron chi connectivity index (χ0n) is 9.47. The van der Waals surface area contributed by atoms with Crippen molar-refractivity contribution in [1.29, 1.82) is 5.26 Å². The Bertz CT molecular complexity index is 576. The second-order valence-electron chi connectivity index (χ2n) is 4.29. The quantitative estimate of drug-likeness (QED) is 0.752. The topological polar surface area (TPSA) is 50.8 Å². The molecule has 0 amide bonds. The first-order chi connectivity index (χ1) is 8.38. The van der Waals surface area contributed by atoms with Gasteiger partial charge >= 0.3 is 0 Å². The first kappa shape index (κ1) is 10.3. The highest BCUT2D eigenvalue weighted by atomic mass is 16.5. The number of aromatic nitrogens is 2. The summed E-state index contributed by atoms with van der Waals surface area (Å²) < 4.78 is 7.81. The van der Waals surface area contributed by atoms with Crippen molar-refractivity contribution in [2.24, 2.45) is 0 Å². The second-order valence-corrected chi connectivity index (χ2v) is 4.29. The Labute approximate surface area is 99.4 Å². The van der Waals surface area contributed by atoms with Crippen molar-refractivity contribution in [1.82, 2.24) is 9.55 Å². The molecule has 0 spiro atoms. The highest BCUT2D eigenvalue weighted by Gasteiger charge is 2.17. The van der Waals surface area contributed by atoms with Gasteiger partial charge in [-0.2, -0.15) is 5.26 Å².